The lowest BCUT2D eigenvalue weighted by Gasteiger charge is -2.19. The highest BCUT2D eigenvalue weighted by Gasteiger charge is 2.22. The Bertz CT molecular complexity index is 2550. The summed E-state index contributed by atoms with van der Waals surface area (Å²) in [5.74, 6) is -3.42. The molecule has 0 heterocycles. The van der Waals surface area contributed by atoms with E-state index >= 15 is 0 Å². The number of carbonyl (C=O) groups is 11. The molecule has 552 valence electrons. The second kappa shape index (κ2) is 57.9. The third-order valence-corrected chi connectivity index (χ3v) is 12.9. The number of hydrogen-bond donors (Lipinski definition) is 10. The third kappa shape index (κ3) is 54.0. The zero-order valence-electron chi connectivity index (χ0n) is 57.2. The van der Waals surface area contributed by atoms with E-state index in [0.29, 0.717) is 12.8 Å². The van der Waals surface area contributed by atoms with E-state index in [1.54, 1.807) is 20.8 Å². The molecule has 10 amide bonds. The van der Waals surface area contributed by atoms with Gasteiger partial charge in [0.1, 0.15) is 24.9 Å². The fourth-order valence-electron chi connectivity index (χ4n) is 8.03. The number of carbonyl (C=O) groups excluding carboxylic acids is 11. The van der Waals surface area contributed by atoms with Gasteiger partial charge in [-0.1, -0.05) is 60.7 Å². The van der Waals surface area contributed by atoms with E-state index in [9.17, 15) is 52.7 Å². The van der Waals surface area contributed by atoms with Crippen molar-refractivity contribution in [3.63, 3.8) is 0 Å². The van der Waals surface area contributed by atoms with Crippen LogP contribution in [0, 0.1) is 0 Å². The molecule has 0 aliphatic rings. The zero-order chi connectivity index (χ0) is 71.4. The van der Waals surface area contributed by atoms with Crippen LogP contribution < -0.4 is 53.2 Å². The minimum atomic E-state index is -0.968. The van der Waals surface area contributed by atoms with Gasteiger partial charge in [0.15, 0.2) is 0 Å². The Morgan fingerprint density at radius 1 is 0.327 bits per heavy atom. The van der Waals surface area contributed by atoms with Gasteiger partial charge in [0.2, 0.25) is 47.3 Å². The number of hydrogen-bond acceptors (Lipinski definition) is 22. The second-order valence-corrected chi connectivity index (χ2v) is 22.5. The van der Waals surface area contributed by atoms with Gasteiger partial charge in [-0.25, -0.2) is 9.59 Å². The van der Waals surface area contributed by atoms with E-state index in [1.807, 2.05) is 60.7 Å². The molecule has 98 heavy (non-hydrogen) atoms. The molecule has 0 bridgehead atoms. The number of benzene rings is 2. The Kier molecular flexibility index (Phi) is 50.8. The highest BCUT2D eigenvalue weighted by Crippen LogP contribution is 2.10. The van der Waals surface area contributed by atoms with Crippen LogP contribution in [0.4, 0.5) is 9.59 Å². The molecule has 0 aliphatic heterocycles. The lowest BCUT2D eigenvalue weighted by Crippen LogP contribution is -2.47. The number of amides is 10. The summed E-state index contributed by atoms with van der Waals surface area (Å²) in [4.78, 5) is 136. The highest BCUT2D eigenvalue weighted by atomic mass is 16.6. The Morgan fingerprint density at radius 2 is 0.612 bits per heavy atom. The molecule has 0 spiro atoms. The quantitative estimate of drug-likeness (QED) is 0.0250. The summed E-state index contributed by atoms with van der Waals surface area (Å²) in [7, 11) is 0. The first-order valence-electron chi connectivity index (χ1n) is 33.3. The van der Waals surface area contributed by atoms with E-state index in [2.05, 4.69) is 53.2 Å². The monoisotopic (exact) mass is 1390 g/mol. The van der Waals surface area contributed by atoms with Gasteiger partial charge in [0, 0.05) is 104 Å². The molecule has 2 aromatic carbocycles. The van der Waals surface area contributed by atoms with Crippen molar-refractivity contribution in [1.82, 2.24) is 53.2 Å². The summed E-state index contributed by atoms with van der Waals surface area (Å²) in [6.07, 6.45) is -0.484. The molecule has 0 aliphatic carbocycles. The lowest BCUT2D eigenvalue weighted by molar-refractivity contribution is -0.155. The molecule has 10 N–H and O–H groups in total. The van der Waals surface area contributed by atoms with Crippen LogP contribution in [-0.4, -0.2) is 242 Å². The highest BCUT2D eigenvalue weighted by molar-refractivity contribution is 5.89. The molecule has 2 rings (SSSR count). The summed E-state index contributed by atoms with van der Waals surface area (Å²) in [5.41, 5.74) is 1.14. The lowest BCUT2D eigenvalue weighted by atomic mass is 10.1. The first kappa shape index (κ1) is 86.0. The largest absolute Gasteiger partial charge is 0.460 e. The molecule has 32 heteroatoms. The number of ether oxygens (including phenoxy) is 11. The van der Waals surface area contributed by atoms with Crippen molar-refractivity contribution in [3.05, 3.63) is 71.8 Å². The maximum Gasteiger partial charge on any atom is 0.407 e. The van der Waals surface area contributed by atoms with Gasteiger partial charge in [-0.05, 0) is 51.2 Å². The number of unbranched alkanes of at least 4 members (excludes halogenated alkanes) is 1. The molecule has 0 saturated heterocycles. The van der Waals surface area contributed by atoms with Crippen LogP contribution in [0.1, 0.15) is 103 Å². The minimum Gasteiger partial charge on any atom is -0.460 e. The van der Waals surface area contributed by atoms with Crippen LogP contribution in [0.3, 0.4) is 0 Å². The van der Waals surface area contributed by atoms with Gasteiger partial charge in [0.25, 0.3) is 0 Å². The predicted molar refractivity (Wildman–Crippen MR) is 355 cm³/mol. The molecule has 0 radical (unpaired) electrons. The van der Waals surface area contributed by atoms with E-state index in [1.165, 1.54) is 0 Å². The summed E-state index contributed by atoms with van der Waals surface area (Å²) in [6.45, 7) is 11.3. The maximum atomic E-state index is 13.4. The van der Waals surface area contributed by atoms with E-state index in [0.717, 1.165) is 11.1 Å². The van der Waals surface area contributed by atoms with Gasteiger partial charge in [-0.3, -0.25) is 43.2 Å². The first-order chi connectivity index (χ1) is 47.4. The van der Waals surface area contributed by atoms with Gasteiger partial charge >= 0.3 is 18.2 Å². The van der Waals surface area contributed by atoms with Crippen molar-refractivity contribution >= 4 is 65.4 Å². The van der Waals surface area contributed by atoms with E-state index in [4.69, 9.17) is 52.1 Å². The Balaban J connectivity index is 1.59. The molecule has 0 saturated carbocycles. The number of nitrogens with one attached hydrogen (secondary N) is 10. The molecule has 2 aromatic rings. The normalized spacial score (nSPS) is 11.3. The van der Waals surface area contributed by atoms with E-state index < -0.39 is 47.5 Å². The average molecular weight is 1390 g/mol. The van der Waals surface area contributed by atoms with Crippen LogP contribution in [0.2, 0.25) is 0 Å². The smallest absolute Gasteiger partial charge is 0.407 e. The van der Waals surface area contributed by atoms with Gasteiger partial charge < -0.3 is 105 Å². The number of alkyl carbamates (subject to hydrolysis) is 2. The van der Waals surface area contributed by atoms with Crippen LogP contribution >= 0.6 is 0 Å². The van der Waals surface area contributed by atoms with Crippen LogP contribution in [0.5, 0.6) is 0 Å². The van der Waals surface area contributed by atoms with Gasteiger partial charge in [0.05, 0.1) is 112 Å². The van der Waals surface area contributed by atoms with Crippen molar-refractivity contribution in [2.75, 3.05) is 165 Å². The van der Waals surface area contributed by atoms with Crippen LogP contribution in [0.15, 0.2) is 60.7 Å². The third-order valence-electron chi connectivity index (χ3n) is 12.9. The second-order valence-electron chi connectivity index (χ2n) is 22.5. The molecular weight excluding hydrogens is 1280 g/mol. The molecule has 0 aromatic heterocycles. The molecule has 0 fully saturated rings. The summed E-state index contributed by atoms with van der Waals surface area (Å²) < 4.78 is 59.2. The average Bonchev–Trinajstić information content (AvgIpc) is 1.18. The Labute approximate surface area is 574 Å². The van der Waals surface area contributed by atoms with Crippen LogP contribution in [-0.2, 0) is 108 Å². The topological polar surface area (TPSA) is 410 Å². The Hall–Kier alpha value is -8.11. The molecular formula is C66H106N10O22. The molecule has 1 atom stereocenters. The Morgan fingerprint density at radius 3 is 0.939 bits per heavy atom. The summed E-state index contributed by atoms with van der Waals surface area (Å²) in [6, 6.07) is 17.6. The zero-order valence-corrected chi connectivity index (χ0v) is 57.2. The summed E-state index contributed by atoms with van der Waals surface area (Å²) in [5, 5.41) is 26.8. The first-order valence-corrected chi connectivity index (χ1v) is 33.3. The van der Waals surface area contributed by atoms with Crippen molar-refractivity contribution in [1.29, 1.82) is 0 Å². The number of esters is 1. The standard InChI is InChI=1S/C66H106N10O22/c1-66(2,3)98-62(84)24-23-60(82)72-30-38-92-43-42-88-34-27-69-57(79)19-20-58(80)70-28-35-89-44-47-93-39-31-73-63(85)54(76-61(83)22-21-59(81)71-29-37-91-46-49-95-41-33-75-65(87)97-51-53-14-8-5-9-15-53)16-10-11-25-67-55(77)17-18-56(78)68-26-36-90-45-48-94-40-32-74-64(86)96-50-52-12-6-4-7-13-52/h4-9,12-15,54H,10-11,16-51H2,1-3H3,(H,67,77)(H,68,78)(H,69,79)(H,70,80)(H,71,81)(H,72,82)(H,73,85)(H,74,86)(H,75,87)(H,76,83)/t54-/m0/s1. The SMILES string of the molecule is CC(C)(C)OC(=O)CCC(=O)NCCOCCOCCNC(=O)CCC(=O)NCCOCCOCCNC(=O)[C@H](CCCCNC(=O)CCC(=O)NCCOCCOCCNC(=O)OCc1ccccc1)NC(=O)CCC(=O)NCCOCCOCCNC(=O)OCc1ccccc1. The maximum absolute atomic E-state index is 13.4. The molecule has 32 nitrogen and oxygen atoms in total. The summed E-state index contributed by atoms with van der Waals surface area (Å²) >= 11 is 0. The predicted octanol–water partition coefficient (Wildman–Crippen LogP) is 0.903. The van der Waals surface area contributed by atoms with Crippen molar-refractivity contribution in [3.8, 4) is 0 Å². The van der Waals surface area contributed by atoms with E-state index in [-0.39, 0.29) is 265 Å². The van der Waals surface area contributed by atoms with Crippen molar-refractivity contribution in [2.24, 2.45) is 0 Å². The fourth-order valence-corrected chi connectivity index (χ4v) is 8.03. The fraction of sp³-hybridized carbons (Fsp3) is 0.652. The van der Waals surface area contributed by atoms with Gasteiger partial charge in [-0.2, -0.15) is 0 Å². The van der Waals surface area contributed by atoms with Crippen molar-refractivity contribution < 1.29 is 105 Å². The molecule has 0 unspecified atom stereocenters. The van der Waals surface area contributed by atoms with Gasteiger partial charge in [-0.15, -0.1) is 0 Å². The van der Waals surface area contributed by atoms with Crippen LogP contribution in [0.25, 0.3) is 0 Å². The number of rotatable bonds is 59. The minimum absolute atomic E-state index is 0.00883. The van der Waals surface area contributed by atoms with Crippen molar-refractivity contribution in [2.45, 2.75) is 116 Å².